The van der Waals surface area contributed by atoms with Gasteiger partial charge in [-0.2, -0.15) is 0 Å². The van der Waals surface area contributed by atoms with E-state index in [1.165, 1.54) is 25.7 Å². The molecule has 3 rings (SSSR count). The van der Waals surface area contributed by atoms with Crippen LogP contribution < -0.4 is 5.73 Å². The van der Waals surface area contributed by atoms with Gasteiger partial charge in [0.1, 0.15) is 0 Å². The summed E-state index contributed by atoms with van der Waals surface area (Å²) in [7, 11) is 0. The van der Waals surface area contributed by atoms with E-state index in [1.54, 1.807) is 11.1 Å². The van der Waals surface area contributed by atoms with Crippen molar-refractivity contribution in [3.05, 3.63) is 35.4 Å². The second-order valence-electron chi connectivity index (χ2n) is 4.94. The fraction of sp³-hybridized carbons (Fsp3) is 0.538. The van der Waals surface area contributed by atoms with Gasteiger partial charge in [-0.1, -0.05) is 24.3 Å². The van der Waals surface area contributed by atoms with E-state index < -0.39 is 0 Å². The van der Waals surface area contributed by atoms with Crippen LogP contribution in [0.3, 0.4) is 0 Å². The summed E-state index contributed by atoms with van der Waals surface area (Å²) in [5.74, 6) is 0.816. The molecule has 0 radical (unpaired) electrons. The second kappa shape index (κ2) is 2.83. The molecule has 1 nitrogen and oxygen atoms in total. The summed E-state index contributed by atoms with van der Waals surface area (Å²) in [5.41, 5.74) is 9.52. The zero-order valence-corrected chi connectivity index (χ0v) is 8.50. The third-order valence-electron chi connectivity index (χ3n) is 4.20. The van der Waals surface area contributed by atoms with E-state index >= 15 is 0 Å². The molecular formula is C13H17N. The van der Waals surface area contributed by atoms with Crippen LogP contribution in [0, 0.1) is 11.3 Å². The van der Waals surface area contributed by atoms with Gasteiger partial charge >= 0.3 is 0 Å². The van der Waals surface area contributed by atoms with Gasteiger partial charge in [-0.05, 0) is 54.7 Å². The minimum absolute atomic E-state index is 0.614. The Hall–Kier alpha value is -0.820. The van der Waals surface area contributed by atoms with Crippen molar-refractivity contribution in [1.29, 1.82) is 0 Å². The molecule has 1 heteroatoms. The maximum Gasteiger partial charge on any atom is -0.00432 e. The van der Waals surface area contributed by atoms with E-state index in [0.29, 0.717) is 5.41 Å². The van der Waals surface area contributed by atoms with Crippen LogP contribution in [-0.4, -0.2) is 6.54 Å². The van der Waals surface area contributed by atoms with Crippen molar-refractivity contribution in [3.63, 3.8) is 0 Å². The van der Waals surface area contributed by atoms with Crippen molar-refractivity contribution in [2.24, 2.45) is 17.1 Å². The van der Waals surface area contributed by atoms with Crippen molar-refractivity contribution in [3.8, 4) is 0 Å². The first-order valence-electron chi connectivity index (χ1n) is 5.61. The second-order valence-corrected chi connectivity index (χ2v) is 4.94. The highest BCUT2D eigenvalue weighted by Crippen LogP contribution is 2.59. The predicted molar refractivity (Wildman–Crippen MR) is 58.1 cm³/mol. The maximum absolute atomic E-state index is 5.76. The van der Waals surface area contributed by atoms with E-state index in [9.17, 15) is 0 Å². The van der Waals surface area contributed by atoms with E-state index in [1.807, 2.05) is 0 Å². The van der Waals surface area contributed by atoms with Gasteiger partial charge in [-0.3, -0.25) is 0 Å². The first-order valence-corrected chi connectivity index (χ1v) is 5.61. The molecule has 2 N–H and O–H groups in total. The summed E-state index contributed by atoms with van der Waals surface area (Å²) < 4.78 is 0. The van der Waals surface area contributed by atoms with Gasteiger partial charge in [0.2, 0.25) is 0 Å². The highest BCUT2D eigenvalue weighted by Gasteiger charge is 2.53. The van der Waals surface area contributed by atoms with E-state index in [0.717, 1.165) is 12.5 Å². The number of nitrogens with two attached hydrogens (primary N) is 1. The minimum Gasteiger partial charge on any atom is -0.330 e. The Morgan fingerprint density at radius 3 is 2.79 bits per heavy atom. The van der Waals surface area contributed by atoms with Gasteiger partial charge in [0.25, 0.3) is 0 Å². The van der Waals surface area contributed by atoms with Crippen molar-refractivity contribution < 1.29 is 0 Å². The Morgan fingerprint density at radius 2 is 2.07 bits per heavy atom. The Kier molecular flexibility index (Phi) is 1.72. The fourth-order valence-corrected chi connectivity index (χ4v) is 3.11. The lowest BCUT2D eigenvalue weighted by Crippen LogP contribution is -2.19. The highest BCUT2D eigenvalue weighted by atomic mass is 14.7. The molecule has 0 bridgehead atoms. The van der Waals surface area contributed by atoms with Crippen LogP contribution in [0.15, 0.2) is 24.3 Å². The van der Waals surface area contributed by atoms with Crippen LogP contribution >= 0.6 is 0 Å². The zero-order valence-electron chi connectivity index (χ0n) is 8.50. The molecule has 14 heavy (non-hydrogen) atoms. The van der Waals surface area contributed by atoms with Crippen molar-refractivity contribution >= 4 is 0 Å². The fourth-order valence-electron chi connectivity index (χ4n) is 3.11. The lowest BCUT2D eigenvalue weighted by atomic mass is 9.80. The van der Waals surface area contributed by atoms with E-state index in [4.69, 9.17) is 5.73 Å². The average molecular weight is 187 g/mol. The van der Waals surface area contributed by atoms with Gasteiger partial charge in [0.05, 0.1) is 0 Å². The number of rotatable bonds is 1. The zero-order chi connectivity index (χ0) is 9.60. The lowest BCUT2D eigenvalue weighted by Gasteiger charge is -2.25. The summed E-state index contributed by atoms with van der Waals surface area (Å²) in [4.78, 5) is 0. The number of benzene rings is 1. The predicted octanol–water partition coefficient (Wildman–Crippen LogP) is 2.14. The van der Waals surface area contributed by atoms with E-state index in [2.05, 4.69) is 24.3 Å². The quantitative estimate of drug-likeness (QED) is 0.716. The molecule has 2 unspecified atom stereocenters. The van der Waals surface area contributed by atoms with Gasteiger partial charge in [0, 0.05) is 0 Å². The molecule has 0 aliphatic heterocycles. The standard InChI is InChI=1S/C13H17N/c14-9-12-8-13(12)6-5-10-3-1-2-4-11(10)7-13/h1-4,12H,5-9,14H2. The molecule has 1 saturated carbocycles. The van der Waals surface area contributed by atoms with Crippen LogP contribution in [0.1, 0.15) is 24.0 Å². The molecule has 1 aromatic carbocycles. The number of fused-ring (bicyclic) bond motifs is 1. The van der Waals surface area contributed by atoms with Gasteiger partial charge < -0.3 is 5.73 Å². The molecule has 0 aromatic heterocycles. The summed E-state index contributed by atoms with van der Waals surface area (Å²) >= 11 is 0. The average Bonchev–Trinajstić information content (AvgIpc) is 2.91. The van der Waals surface area contributed by atoms with Crippen LogP contribution in [-0.2, 0) is 12.8 Å². The molecule has 1 spiro atoms. The van der Waals surface area contributed by atoms with E-state index in [-0.39, 0.29) is 0 Å². The van der Waals surface area contributed by atoms with Crippen molar-refractivity contribution in [2.75, 3.05) is 6.54 Å². The monoisotopic (exact) mass is 187 g/mol. The first-order chi connectivity index (χ1) is 6.84. The summed E-state index contributed by atoms with van der Waals surface area (Å²) in [5, 5.41) is 0. The molecule has 0 heterocycles. The molecular weight excluding hydrogens is 170 g/mol. The highest BCUT2D eigenvalue weighted by molar-refractivity contribution is 5.33. The maximum atomic E-state index is 5.76. The Labute approximate surface area is 85.3 Å². The molecule has 0 saturated heterocycles. The van der Waals surface area contributed by atoms with Gasteiger partial charge in [-0.15, -0.1) is 0 Å². The molecule has 74 valence electrons. The van der Waals surface area contributed by atoms with Crippen molar-refractivity contribution in [1.82, 2.24) is 0 Å². The van der Waals surface area contributed by atoms with Crippen molar-refractivity contribution in [2.45, 2.75) is 25.7 Å². The number of aryl methyl sites for hydroxylation is 1. The normalized spacial score (nSPS) is 34.2. The van der Waals surface area contributed by atoms with Crippen LogP contribution in [0.4, 0.5) is 0 Å². The Morgan fingerprint density at radius 1 is 1.29 bits per heavy atom. The molecule has 0 amide bonds. The molecule has 2 atom stereocenters. The summed E-state index contributed by atoms with van der Waals surface area (Å²) in [6.07, 6.45) is 5.29. The number of hydrogen-bond donors (Lipinski definition) is 1. The molecule has 1 fully saturated rings. The summed E-state index contributed by atoms with van der Waals surface area (Å²) in [6, 6.07) is 8.89. The van der Waals surface area contributed by atoms with Crippen LogP contribution in [0.2, 0.25) is 0 Å². The SMILES string of the molecule is NCC1CC12CCc1ccccc1C2. The Balaban J connectivity index is 1.88. The van der Waals surface area contributed by atoms with Crippen LogP contribution in [0.5, 0.6) is 0 Å². The third-order valence-corrected chi connectivity index (χ3v) is 4.20. The molecule has 2 aliphatic carbocycles. The first kappa shape index (κ1) is 8.49. The van der Waals surface area contributed by atoms with Gasteiger partial charge in [0.15, 0.2) is 0 Å². The van der Waals surface area contributed by atoms with Crippen LogP contribution in [0.25, 0.3) is 0 Å². The molecule has 1 aromatic rings. The van der Waals surface area contributed by atoms with Gasteiger partial charge in [-0.25, -0.2) is 0 Å². The Bertz CT molecular complexity index is 358. The third kappa shape index (κ3) is 1.12. The lowest BCUT2D eigenvalue weighted by molar-refractivity contribution is 0.396. The number of hydrogen-bond acceptors (Lipinski definition) is 1. The minimum atomic E-state index is 0.614. The smallest absolute Gasteiger partial charge is 0.00432 e. The largest absolute Gasteiger partial charge is 0.330 e. The summed E-state index contributed by atoms with van der Waals surface area (Å²) in [6.45, 7) is 0.891. The molecule has 2 aliphatic rings. The topological polar surface area (TPSA) is 26.0 Å².